The molecule has 3 aromatic rings. The molecule has 2 aromatic carbocycles. The van der Waals surface area contributed by atoms with Crippen molar-refractivity contribution in [1.29, 1.82) is 0 Å². The first kappa shape index (κ1) is 25.1. The van der Waals surface area contributed by atoms with E-state index in [9.17, 15) is 9.59 Å². The van der Waals surface area contributed by atoms with Gasteiger partial charge in [0.05, 0.1) is 12.6 Å². The Morgan fingerprint density at radius 1 is 1.09 bits per heavy atom. The number of ether oxygens (including phenoxy) is 1. The van der Waals surface area contributed by atoms with Crippen molar-refractivity contribution < 1.29 is 14.3 Å². The number of rotatable bonds is 10. The summed E-state index contributed by atoms with van der Waals surface area (Å²) in [6, 6.07) is 20.5. The lowest BCUT2D eigenvalue weighted by Gasteiger charge is -2.37. The third-order valence-corrected chi connectivity index (χ3v) is 7.60. The first-order valence-electron chi connectivity index (χ1n) is 12.3. The van der Waals surface area contributed by atoms with Crippen molar-refractivity contribution >= 4 is 23.2 Å². The Hall–Kier alpha value is -2.96. The van der Waals surface area contributed by atoms with Gasteiger partial charge in [0.25, 0.3) is 0 Å². The summed E-state index contributed by atoms with van der Waals surface area (Å²) in [5.41, 5.74) is 4.65. The molecular formula is C29H34N2O3S. The van der Waals surface area contributed by atoms with Crippen molar-refractivity contribution in [2.45, 2.75) is 38.6 Å². The molecule has 0 fully saturated rings. The minimum Gasteiger partial charge on any atom is -0.385 e. The average molecular weight is 491 g/mol. The van der Waals surface area contributed by atoms with E-state index in [1.165, 1.54) is 16.0 Å². The van der Waals surface area contributed by atoms with Crippen LogP contribution in [-0.2, 0) is 27.2 Å². The van der Waals surface area contributed by atoms with Crippen LogP contribution in [0.5, 0.6) is 0 Å². The van der Waals surface area contributed by atoms with Gasteiger partial charge in [-0.2, -0.15) is 0 Å². The maximum atomic E-state index is 13.7. The van der Waals surface area contributed by atoms with Gasteiger partial charge in [-0.25, -0.2) is 0 Å². The van der Waals surface area contributed by atoms with Crippen molar-refractivity contribution in [2.24, 2.45) is 0 Å². The van der Waals surface area contributed by atoms with Crippen LogP contribution in [0.3, 0.4) is 0 Å². The Labute approximate surface area is 212 Å². The molecule has 184 valence electrons. The van der Waals surface area contributed by atoms with Gasteiger partial charge < -0.3 is 14.5 Å². The van der Waals surface area contributed by atoms with Crippen molar-refractivity contribution in [1.82, 2.24) is 9.80 Å². The SMILES string of the molecule is COCCCN(CC(=O)N1CCc2sccc2C1c1ccc(C)cc1)C(=O)CCc1ccccc1. The minimum atomic E-state index is -0.113. The molecule has 0 saturated heterocycles. The lowest BCUT2D eigenvalue weighted by molar-refractivity contribution is -0.142. The molecule has 0 N–H and O–H groups in total. The van der Waals surface area contributed by atoms with Crippen molar-refractivity contribution in [3.05, 3.63) is 93.2 Å². The summed E-state index contributed by atoms with van der Waals surface area (Å²) in [6.07, 6.45) is 2.62. The summed E-state index contributed by atoms with van der Waals surface area (Å²) in [5.74, 6) is 0.0105. The first-order valence-corrected chi connectivity index (χ1v) is 13.2. The van der Waals surface area contributed by atoms with Crippen LogP contribution in [0.15, 0.2) is 66.0 Å². The fourth-order valence-electron chi connectivity index (χ4n) is 4.69. The van der Waals surface area contributed by atoms with Crippen LogP contribution in [0.4, 0.5) is 0 Å². The van der Waals surface area contributed by atoms with Gasteiger partial charge in [0, 0.05) is 38.1 Å². The number of hydrogen-bond acceptors (Lipinski definition) is 4. The number of benzene rings is 2. The molecule has 0 radical (unpaired) electrons. The number of nitrogens with zero attached hydrogens (tertiary/aromatic N) is 2. The molecule has 35 heavy (non-hydrogen) atoms. The molecule has 1 atom stereocenters. The summed E-state index contributed by atoms with van der Waals surface area (Å²) in [5, 5.41) is 2.12. The second kappa shape index (κ2) is 12.1. The van der Waals surface area contributed by atoms with Gasteiger partial charge in [-0.05, 0) is 54.3 Å². The Balaban J connectivity index is 1.51. The van der Waals surface area contributed by atoms with E-state index in [2.05, 4.69) is 42.6 Å². The van der Waals surface area contributed by atoms with E-state index in [-0.39, 0.29) is 24.4 Å². The molecule has 1 aromatic heterocycles. The van der Waals surface area contributed by atoms with E-state index in [1.54, 1.807) is 23.3 Å². The van der Waals surface area contributed by atoms with Gasteiger partial charge in [-0.15, -0.1) is 11.3 Å². The van der Waals surface area contributed by atoms with Gasteiger partial charge in [-0.3, -0.25) is 9.59 Å². The summed E-state index contributed by atoms with van der Waals surface area (Å²) in [4.78, 5) is 31.9. The zero-order valence-corrected chi connectivity index (χ0v) is 21.4. The lowest BCUT2D eigenvalue weighted by Crippen LogP contribution is -2.47. The number of thiophene rings is 1. The fourth-order valence-corrected chi connectivity index (χ4v) is 5.60. The highest BCUT2D eigenvalue weighted by atomic mass is 32.1. The van der Waals surface area contributed by atoms with Crippen LogP contribution in [-0.4, -0.2) is 55.0 Å². The lowest BCUT2D eigenvalue weighted by atomic mass is 9.92. The minimum absolute atomic E-state index is 0.00194. The Bertz CT molecular complexity index is 1110. The molecule has 6 heteroatoms. The topological polar surface area (TPSA) is 49.9 Å². The number of amides is 2. The second-order valence-corrected chi connectivity index (χ2v) is 10.1. The van der Waals surface area contributed by atoms with E-state index in [0.29, 0.717) is 39.0 Å². The summed E-state index contributed by atoms with van der Waals surface area (Å²) in [7, 11) is 1.66. The maximum Gasteiger partial charge on any atom is 0.242 e. The Morgan fingerprint density at radius 3 is 2.60 bits per heavy atom. The monoisotopic (exact) mass is 490 g/mol. The van der Waals surface area contributed by atoms with Crippen LogP contribution in [0.1, 0.15) is 46.0 Å². The van der Waals surface area contributed by atoms with E-state index in [1.807, 2.05) is 35.2 Å². The van der Waals surface area contributed by atoms with E-state index < -0.39 is 0 Å². The maximum absolute atomic E-state index is 13.7. The number of methoxy groups -OCH3 is 1. The molecule has 1 aliphatic heterocycles. The zero-order chi connectivity index (χ0) is 24.6. The Morgan fingerprint density at radius 2 is 1.86 bits per heavy atom. The van der Waals surface area contributed by atoms with Gasteiger partial charge in [0.15, 0.2) is 0 Å². The zero-order valence-electron chi connectivity index (χ0n) is 20.6. The fraction of sp³-hybridized carbons (Fsp3) is 0.379. The molecule has 2 heterocycles. The molecule has 0 bridgehead atoms. The third-order valence-electron chi connectivity index (χ3n) is 6.61. The standard InChI is InChI=1S/C29H34N2O3S/c1-22-9-12-24(13-10-22)29-25-16-20-35-26(25)15-18-31(29)28(33)21-30(17-6-19-34-2)27(32)14-11-23-7-4-3-5-8-23/h3-5,7-10,12-13,16,20,29H,6,11,14-15,17-19,21H2,1-2H3. The molecule has 5 nitrogen and oxygen atoms in total. The van der Waals surface area contributed by atoms with Gasteiger partial charge in [0.1, 0.15) is 0 Å². The predicted molar refractivity (Wildman–Crippen MR) is 141 cm³/mol. The number of fused-ring (bicyclic) bond motifs is 1. The molecule has 0 spiro atoms. The van der Waals surface area contributed by atoms with Gasteiger partial charge in [-0.1, -0.05) is 60.2 Å². The predicted octanol–water partition coefficient (Wildman–Crippen LogP) is 5.03. The van der Waals surface area contributed by atoms with Gasteiger partial charge >= 0.3 is 0 Å². The van der Waals surface area contributed by atoms with Crippen LogP contribution >= 0.6 is 11.3 Å². The van der Waals surface area contributed by atoms with Crippen LogP contribution in [0, 0.1) is 6.92 Å². The highest BCUT2D eigenvalue weighted by Gasteiger charge is 2.33. The van der Waals surface area contributed by atoms with E-state index in [4.69, 9.17) is 4.74 Å². The molecular weight excluding hydrogens is 456 g/mol. The molecule has 1 aliphatic rings. The third kappa shape index (κ3) is 6.38. The number of aryl methyl sites for hydroxylation is 2. The number of carbonyl (C=O) groups excluding carboxylic acids is 2. The summed E-state index contributed by atoms with van der Waals surface area (Å²) in [6.45, 7) is 3.90. The molecule has 1 unspecified atom stereocenters. The second-order valence-electron chi connectivity index (χ2n) is 9.10. The number of hydrogen-bond donors (Lipinski definition) is 0. The normalized spacial score (nSPS) is 15.0. The highest BCUT2D eigenvalue weighted by molar-refractivity contribution is 7.10. The quantitative estimate of drug-likeness (QED) is 0.375. The highest BCUT2D eigenvalue weighted by Crippen LogP contribution is 2.38. The van der Waals surface area contributed by atoms with Crippen molar-refractivity contribution in [3.8, 4) is 0 Å². The average Bonchev–Trinajstić information content (AvgIpc) is 3.36. The Kier molecular flexibility index (Phi) is 8.72. The largest absolute Gasteiger partial charge is 0.385 e. The summed E-state index contributed by atoms with van der Waals surface area (Å²) >= 11 is 1.76. The van der Waals surface area contributed by atoms with Crippen LogP contribution in [0.2, 0.25) is 0 Å². The van der Waals surface area contributed by atoms with Crippen LogP contribution < -0.4 is 0 Å². The molecule has 0 aliphatic carbocycles. The first-order chi connectivity index (χ1) is 17.1. The van der Waals surface area contributed by atoms with Crippen molar-refractivity contribution in [3.63, 3.8) is 0 Å². The molecule has 2 amide bonds. The smallest absolute Gasteiger partial charge is 0.242 e. The summed E-state index contributed by atoms with van der Waals surface area (Å²) < 4.78 is 5.21. The van der Waals surface area contributed by atoms with E-state index in [0.717, 1.165) is 17.5 Å². The van der Waals surface area contributed by atoms with Gasteiger partial charge in [0.2, 0.25) is 11.8 Å². The molecule has 0 saturated carbocycles. The van der Waals surface area contributed by atoms with Crippen LogP contribution in [0.25, 0.3) is 0 Å². The molecule has 4 rings (SSSR count). The van der Waals surface area contributed by atoms with Crippen molar-refractivity contribution in [2.75, 3.05) is 33.4 Å². The number of carbonyl (C=O) groups is 2. The van der Waals surface area contributed by atoms with E-state index >= 15 is 0 Å².